The zero-order chi connectivity index (χ0) is 14.2. The second-order valence-electron chi connectivity index (χ2n) is 5.15. The van der Waals surface area contributed by atoms with Gasteiger partial charge in [0.15, 0.2) is 0 Å². The standard InChI is InChI=1S/C13H27N.C2H6.CH5N/c1-13(2)9-5-3-4-6-10-14-11-7-8-12-14;2*1-2/h13H,3-12H2,1-2H3;1-2H3;2H2,1H3. The van der Waals surface area contributed by atoms with Crippen LogP contribution in [0.15, 0.2) is 0 Å². The van der Waals surface area contributed by atoms with Crippen molar-refractivity contribution in [3.8, 4) is 0 Å². The van der Waals surface area contributed by atoms with Gasteiger partial charge in [-0.3, -0.25) is 0 Å². The van der Waals surface area contributed by atoms with E-state index in [4.69, 9.17) is 0 Å². The maximum absolute atomic E-state index is 4.50. The molecule has 1 heterocycles. The lowest BCUT2D eigenvalue weighted by Crippen LogP contribution is -2.20. The molecular weight excluding hydrogens is 220 g/mol. The van der Waals surface area contributed by atoms with Crippen molar-refractivity contribution in [1.82, 2.24) is 4.90 Å². The van der Waals surface area contributed by atoms with Crippen molar-refractivity contribution in [3.63, 3.8) is 0 Å². The Labute approximate surface area is 116 Å². The van der Waals surface area contributed by atoms with Crippen LogP contribution in [0.25, 0.3) is 0 Å². The summed E-state index contributed by atoms with van der Waals surface area (Å²) in [6, 6.07) is 0. The van der Waals surface area contributed by atoms with Gasteiger partial charge in [-0.15, -0.1) is 0 Å². The predicted molar refractivity (Wildman–Crippen MR) is 85.1 cm³/mol. The van der Waals surface area contributed by atoms with Crippen LogP contribution in [-0.4, -0.2) is 31.6 Å². The van der Waals surface area contributed by atoms with Crippen LogP contribution < -0.4 is 5.73 Å². The van der Waals surface area contributed by atoms with Crippen LogP contribution in [0.3, 0.4) is 0 Å². The van der Waals surface area contributed by atoms with Gasteiger partial charge in [-0.25, -0.2) is 0 Å². The van der Waals surface area contributed by atoms with E-state index in [1.54, 1.807) is 0 Å². The normalized spacial score (nSPS) is 14.8. The zero-order valence-corrected chi connectivity index (χ0v) is 13.7. The highest BCUT2D eigenvalue weighted by atomic mass is 15.1. The van der Waals surface area contributed by atoms with Gasteiger partial charge < -0.3 is 10.6 Å². The first-order chi connectivity index (χ1) is 8.79. The molecule has 1 fully saturated rings. The third-order valence-corrected chi connectivity index (χ3v) is 3.20. The SMILES string of the molecule is CC.CC(C)CCCCCCN1CCCC1.CN. The molecule has 0 bridgehead atoms. The summed E-state index contributed by atoms with van der Waals surface area (Å²) < 4.78 is 0. The molecule has 0 amide bonds. The van der Waals surface area contributed by atoms with Crippen LogP contribution >= 0.6 is 0 Å². The lowest BCUT2D eigenvalue weighted by molar-refractivity contribution is 0.327. The van der Waals surface area contributed by atoms with Crippen LogP contribution in [0.2, 0.25) is 0 Å². The highest BCUT2D eigenvalue weighted by Gasteiger charge is 2.09. The molecule has 1 rings (SSSR count). The summed E-state index contributed by atoms with van der Waals surface area (Å²) in [6.07, 6.45) is 10.1. The maximum Gasteiger partial charge on any atom is -0.00183 e. The van der Waals surface area contributed by atoms with Crippen molar-refractivity contribution in [3.05, 3.63) is 0 Å². The minimum atomic E-state index is 0.897. The molecule has 0 atom stereocenters. The van der Waals surface area contributed by atoms with Crippen molar-refractivity contribution in [2.75, 3.05) is 26.7 Å². The number of likely N-dealkylation sites (tertiary alicyclic amines) is 1. The molecule has 0 saturated carbocycles. The van der Waals surface area contributed by atoms with Gasteiger partial charge in [0.05, 0.1) is 0 Å². The van der Waals surface area contributed by atoms with E-state index < -0.39 is 0 Å². The monoisotopic (exact) mass is 258 g/mol. The largest absolute Gasteiger partial charge is 0.333 e. The number of nitrogens with two attached hydrogens (primary N) is 1. The second-order valence-corrected chi connectivity index (χ2v) is 5.15. The number of hydrogen-bond donors (Lipinski definition) is 1. The first-order valence-corrected chi connectivity index (χ1v) is 8.09. The molecule has 0 aliphatic carbocycles. The summed E-state index contributed by atoms with van der Waals surface area (Å²) in [5.41, 5.74) is 4.50. The minimum absolute atomic E-state index is 0.897. The molecule has 1 aliphatic rings. The number of unbranched alkanes of at least 4 members (excludes halogenated alkanes) is 3. The molecule has 2 heteroatoms. The molecule has 0 aromatic carbocycles. The predicted octanol–water partition coefficient (Wildman–Crippen LogP) is 4.29. The summed E-state index contributed by atoms with van der Waals surface area (Å²) in [6.45, 7) is 12.7. The molecule has 1 saturated heterocycles. The molecule has 0 radical (unpaired) electrons. The van der Waals surface area contributed by atoms with Crippen molar-refractivity contribution < 1.29 is 0 Å². The van der Waals surface area contributed by atoms with Gasteiger partial charge in [-0.05, 0) is 51.9 Å². The Hall–Kier alpha value is -0.0800. The summed E-state index contributed by atoms with van der Waals surface area (Å²) >= 11 is 0. The maximum atomic E-state index is 4.50. The summed E-state index contributed by atoms with van der Waals surface area (Å²) in [5, 5.41) is 0. The first-order valence-electron chi connectivity index (χ1n) is 8.09. The summed E-state index contributed by atoms with van der Waals surface area (Å²) in [4.78, 5) is 2.63. The quantitative estimate of drug-likeness (QED) is 0.690. The van der Waals surface area contributed by atoms with Gasteiger partial charge in [0.1, 0.15) is 0 Å². The van der Waals surface area contributed by atoms with E-state index >= 15 is 0 Å². The van der Waals surface area contributed by atoms with Crippen molar-refractivity contribution in [2.45, 2.75) is 72.6 Å². The van der Waals surface area contributed by atoms with Crippen molar-refractivity contribution in [1.29, 1.82) is 0 Å². The molecule has 0 spiro atoms. The Balaban J connectivity index is 0. The average Bonchev–Trinajstić information content (AvgIpc) is 2.91. The van der Waals surface area contributed by atoms with E-state index in [0.717, 1.165) is 5.92 Å². The van der Waals surface area contributed by atoms with Gasteiger partial charge in [0, 0.05) is 0 Å². The topological polar surface area (TPSA) is 29.3 Å². The second kappa shape index (κ2) is 16.9. The molecular formula is C16H38N2. The van der Waals surface area contributed by atoms with Crippen LogP contribution in [-0.2, 0) is 0 Å². The van der Waals surface area contributed by atoms with Gasteiger partial charge in [0.25, 0.3) is 0 Å². The van der Waals surface area contributed by atoms with Crippen LogP contribution in [0.4, 0.5) is 0 Å². The van der Waals surface area contributed by atoms with Gasteiger partial charge >= 0.3 is 0 Å². The number of nitrogens with zero attached hydrogens (tertiary/aromatic N) is 1. The van der Waals surface area contributed by atoms with Crippen molar-refractivity contribution >= 4 is 0 Å². The molecule has 0 aromatic rings. The Morgan fingerprint density at radius 1 is 0.889 bits per heavy atom. The molecule has 112 valence electrons. The summed E-state index contributed by atoms with van der Waals surface area (Å²) in [7, 11) is 1.50. The van der Waals surface area contributed by atoms with E-state index in [1.165, 1.54) is 71.6 Å². The van der Waals surface area contributed by atoms with Crippen LogP contribution in [0.1, 0.15) is 72.6 Å². The lowest BCUT2D eigenvalue weighted by atomic mass is 10.0. The van der Waals surface area contributed by atoms with Gasteiger partial charge in [0.2, 0.25) is 0 Å². The lowest BCUT2D eigenvalue weighted by Gasteiger charge is -2.13. The Bertz CT molecular complexity index is 129. The molecule has 2 N–H and O–H groups in total. The molecule has 0 unspecified atom stereocenters. The molecule has 2 nitrogen and oxygen atoms in total. The Morgan fingerprint density at radius 2 is 1.39 bits per heavy atom. The molecule has 1 aliphatic heterocycles. The average molecular weight is 258 g/mol. The van der Waals surface area contributed by atoms with E-state index in [1.807, 2.05) is 13.8 Å². The first kappa shape index (κ1) is 20.2. The molecule has 18 heavy (non-hydrogen) atoms. The highest BCUT2D eigenvalue weighted by Crippen LogP contribution is 2.12. The summed E-state index contributed by atoms with van der Waals surface area (Å²) in [5.74, 6) is 0.897. The highest BCUT2D eigenvalue weighted by molar-refractivity contribution is 4.65. The minimum Gasteiger partial charge on any atom is -0.333 e. The smallest absolute Gasteiger partial charge is 0.00183 e. The fourth-order valence-corrected chi connectivity index (χ4v) is 2.25. The van der Waals surface area contributed by atoms with E-state index in [0.29, 0.717) is 0 Å². The zero-order valence-electron chi connectivity index (χ0n) is 13.7. The number of hydrogen-bond acceptors (Lipinski definition) is 2. The Morgan fingerprint density at radius 3 is 1.89 bits per heavy atom. The van der Waals surface area contributed by atoms with Gasteiger partial charge in [-0.2, -0.15) is 0 Å². The van der Waals surface area contributed by atoms with Crippen LogP contribution in [0, 0.1) is 5.92 Å². The fraction of sp³-hybridized carbons (Fsp3) is 1.00. The van der Waals surface area contributed by atoms with Crippen LogP contribution in [0.5, 0.6) is 0 Å². The Kier molecular flexibility index (Phi) is 19.0. The van der Waals surface area contributed by atoms with E-state index in [-0.39, 0.29) is 0 Å². The van der Waals surface area contributed by atoms with E-state index in [9.17, 15) is 0 Å². The fourth-order valence-electron chi connectivity index (χ4n) is 2.25. The molecule has 0 aromatic heterocycles. The third kappa shape index (κ3) is 14.0. The van der Waals surface area contributed by atoms with Crippen molar-refractivity contribution in [2.24, 2.45) is 11.7 Å². The van der Waals surface area contributed by atoms with Gasteiger partial charge in [-0.1, -0.05) is 53.4 Å². The number of rotatable bonds is 7. The van der Waals surface area contributed by atoms with E-state index in [2.05, 4.69) is 24.5 Å². The third-order valence-electron chi connectivity index (χ3n) is 3.20.